The van der Waals surface area contributed by atoms with Crippen LogP contribution in [-0.2, 0) is 14.3 Å². The van der Waals surface area contributed by atoms with Crippen LogP contribution < -0.4 is 5.32 Å². The molecule has 1 aliphatic rings. The lowest BCUT2D eigenvalue weighted by Gasteiger charge is -2.37. The Hall–Kier alpha value is -1.14. The van der Waals surface area contributed by atoms with Crippen LogP contribution in [0.25, 0.3) is 0 Å². The second-order valence-corrected chi connectivity index (χ2v) is 4.27. The molecular formula is C10H18N2O4. The maximum atomic E-state index is 12.1. The third-order valence-electron chi connectivity index (χ3n) is 2.81. The molecule has 0 spiro atoms. The second kappa shape index (κ2) is 4.80. The Morgan fingerprint density at radius 3 is 2.62 bits per heavy atom. The fourth-order valence-corrected chi connectivity index (χ4v) is 1.60. The molecule has 1 fully saturated rings. The van der Waals surface area contributed by atoms with Crippen LogP contribution in [0, 0.1) is 0 Å². The maximum Gasteiger partial charge on any atom is 0.327 e. The molecule has 1 saturated heterocycles. The number of carbonyl (C=O) groups is 2. The Balaban J connectivity index is 2.83. The van der Waals surface area contributed by atoms with E-state index in [1.165, 1.54) is 12.0 Å². The highest BCUT2D eigenvalue weighted by atomic mass is 16.5. The number of nitrogens with one attached hydrogen (secondary N) is 1. The molecule has 1 unspecified atom stereocenters. The van der Waals surface area contributed by atoms with Crippen molar-refractivity contribution in [1.82, 2.24) is 10.2 Å². The zero-order valence-electron chi connectivity index (χ0n) is 9.82. The molecule has 1 rings (SSSR count). The van der Waals surface area contributed by atoms with Crippen molar-refractivity contribution in [2.24, 2.45) is 0 Å². The van der Waals surface area contributed by atoms with Crippen molar-refractivity contribution in [3.63, 3.8) is 0 Å². The Morgan fingerprint density at radius 1 is 1.50 bits per heavy atom. The number of ether oxygens (including phenoxy) is 1. The molecule has 0 aliphatic carbocycles. The van der Waals surface area contributed by atoms with E-state index >= 15 is 0 Å². The van der Waals surface area contributed by atoms with Crippen LogP contribution in [0.2, 0.25) is 0 Å². The topological polar surface area (TPSA) is 78.9 Å². The van der Waals surface area contributed by atoms with E-state index in [9.17, 15) is 9.59 Å². The molecule has 1 heterocycles. The Morgan fingerprint density at radius 2 is 2.12 bits per heavy atom. The van der Waals surface area contributed by atoms with Crippen molar-refractivity contribution in [2.45, 2.75) is 25.5 Å². The summed E-state index contributed by atoms with van der Waals surface area (Å²) in [6, 6.07) is -0.810. The molecule has 0 aromatic heterocycles. The van der Waals surface area contributed by atoms with Crippen LogP contribution in [0.15, 0.2) is 0 Å². The number of hydrogen-bond acceptors (Lipinski definition) is 4. The van der Waals surface area contributed by atoms with Gasteiger partial charge in [-0.05, 0) is 13.8 Å². The van der Waals surface area contributed by atoms with E-state index in [0.717, 1.165) is 0 Å². The van der Waals surface area contributed by atoms with Gasteiger partial charge < -0.3 is 20.1 Å². The van der Waals surface area contributed by atoms with Gasteiger partial charge in [-0.3, -0.25) is 4.79 Å². The third-order valence-corrected chi connectivity index (χ3v) is 2.81. The summed E-state index contributed by atoms with van der Waals surface area (Å²) in [6.07, 6.45) is 0. The molecule has 0 aromatic carbocycles. The van der Waals surface area contributed by atoms with Gasteiger partial charge >= 0.3 is 5.97 Å². The first-order valence-electron chi connectivity index (χ1n) is 5.20. The van der Waals surface area contributed by atoms with Gasteiger partial charge in [-0.15, -0.1) is 0 Å². The number of rotatable bonds is 3. The summed E-state index contributed by atoms with van der Waals surface area (Å²) >= 11 is 0. The first-order valence-corrected chi connectivity index (χ1v) is 5.20. The summed E-state index contributed by atoms with van der Waals surface area (Å²) in [7, 11) is 1.44. The van der Waals surface area contributed by atoms with Crippen molar-refractivity contribution in [3.8, 4) is 0 Å². The average molecular weight is 230 g/mol. The van der Waals surface area contributed by atoms with Crippen molar-refractivity contribution in [1.29, 1.82) is 0 Å². The molecule has 2 N–H and O–H groups in total. The lowest BCUT2D eigenvalue weighted by Crippen LogP contribution is -2.61. The predicted molar refractivity (Wildman–Crippen MR) is 57.1 cm³/mol. The highest BCUT2D eigenvalue weighted by Crippen LogP contribution is 2.16. The van der Waals surface area contributed by atoms with Crippen molar-refractivity contribution in [2.75, 3.05) is 26.7 Å². The fourth-order valence-electron chi connectivity index (χ4n) is 1.60. The maximum absolute atomic E-state index is 12.1. The minimum absolute atomic E-state index is 0.279. The van der Waals surface area contributed by atoms with E-state index in [1.54, 1.807) is 13.8 Å². The quantitative estimate of drug-likeness (QED) is 0.670. The number of piperazine rings is 1. The van der Waals surface area contributed by atoms with Crippen LogP contribution >= 0.6 is 0 Å². The molecule has 0 radical (unpaired) electrons. The van der Waals surface area contributed by atoms with Crippen LogP contribution in [-0.4, -0.2) is 60.3 Å². The van der Waals surface area contributed by atoms with Crippen LogP contribution in [0.3, 0.4) is 0 Å². The van der Waals surface area contributed by atoms with E-state index in [4.69, 9.17) is 9.84 Å². The number of carboxylic acids is 1. The normalized spacial score (nSPS) is 21.9. The minimum Gasteiger partial charge on any atom is -0.480 e. The molecule has 16 heavy (non-hydrogen) atoms. The van der Waals surface area contributed by atoms with Gasteiger partial charge in [0.15, 0.2) is 0 Å². The minimum atomic E-state index is -0.993. The predicted octanol–water partition coefficient (Wildman–Crippen LogP) is -0.704. The van der Waals surface area contributed by atoms with Gasteiger partial charge in [0.25, 0.3) is 5.91 Å². The van der Waals surface area contributed by atoms with Crippen LogP contribution in [0.5, 0.6) is 0 Å². The Kier molecular flexibility index (Phi) is 3.88. The molecule has 6 nitrogen and oxygen atoms in total. The molecule has 6 heteroatoms. The average Bonchev–Trinajstić information content (AvgIpc) is 2.28. The van der Waals surface area contributed by atoms with E-state index in [-0.39, 0.29) is 12.5 Å². The lowest BCUT2D eigenvalue weighted by molar-refractivity contribution is -0.162. The number of hydrogen-bond donors (Lipinski definition) is 2. The van der Waals surface area contributed by atoms with Crippen LogP contribution in [0.4, 0.5) is 0 Å². The largest absolute Gasteiger partial charge is 0.480 e. The van der Waals surface area contributed by atoms with Crippen LogP contribution in [0.1, 0.15) is 13.8 Å². The second-order valence-electron chi connectivity index (χ2n) is 4.27. The summed E-state index contributed by atoms with van der Waals surface area (Å²) in [6.45, 7) is 4.55. The van der Waals surface area contributed by atoms with Crippen molar-refractivity contribution in [3.05, 3.63) is 0 Å². The van der Waals surface area contributed by atoms with Gasteiger partial charge in [-0.2, -0.15) is 0 Å². The first kappa shape index (κ1) is 12.9. The third kappa shape index (κ3) is 2.51. The number of methoxy groups -OCH3 is 1. The molecule has 1 amide bonds. The molecular weight excluding hydrogens is 212 g/mol. The molecule has 0 bridgehead atoms. The zero-order chi connectivity index (χ0) is 12.3. The van der Waals surface area contributed by atoms with E-state index in [1.807, 2.05) is 0 Å². The summed E-state index contributed by atoms with van der Waals surface area (Å²) in [5, 5.41) is 12.0. The smallest absolute Gasteiger partial charge is 0.327 e. The van der Waals surface area contributed by atoms with E-state index in [0.29, 0.717) is 13.1 Å². The summed E-state index contributed by atoms with van der Waals surface area (Å²) in [4.78, 5) is 24.4. The highest BCUT2D eigenvalue weighted by Gasteiger charge is 2.39. The number of amides is 1. The van der Waals surface area contributed by atoms with Gasteiger partial charge in [-0.1, -0.05) is 0 Å². The van der Waals surface area contributed by atoms with Crippen molar-refractivity contribution >= 4 is 11.9 Å². The highest BCUT2D eigenvalue weighted by molar-refractivity contribution is 5.89. The van der Waals surface area contributed by atoms with Gasteiger partial charge in [0.1, 0.15) is 11.6 Å². The Bertz CT molecular complexity index is 291. The molecule has 92 valence electrons. The monoisotopic (exact) mass is 230 g/mol. The number of nitrogens with zero attached hydrogens (tertiary/aromatic N) is 1. The zero-order valence-corrected chi connectivity index (χ0v) is 9.82. The summed E-state index contributed by atoms with van der Waals surface area (Å²) in [5.41, 5.74) is -0.981. The molecule has 0 saturated carbocycles. The summed E-state index contributed by atoms with van der Waals surface area (Å²) in [5.74, 6) is -1.28. The Labute approximate surface area is 94.6 Å². The van der Waals surface area contributed by atoms with E-state index in [2.05, 4.69) is 5.32 Å². The lowest BCUT2D eigenvalue weighted by atomic mass is 10.0. The number of carbonyl (C=O) groups excluding carboxylic acids is 1. The van der Waals surface area contributed by atoms with Gasteiger partial charge in [0.05, 0.1) is 0 Å². The number of carboxylic acid groups (broad SMARTS) is 1. The van der Waals surface area contributed by atoms with Gasteiger partial charge in [0, 0.05) is 26.7 Å². The number of aliphatic carboxylic acids is 1. The van der Waals surface area contributed by atoms with Crippen molar-refractivity contribution < 1.29 is 19.4 Å². The van der Waals surface area contributed by atoms with Gasteiger partial charge in [-0.25, -0.2) is 4.79 Å². The SMILES string of the molecule is COC(C)(C)C(=O)N1CCNCC1C(=O)O. The standard InChI is InChI=1S/C10H18N2O4/c1-10(2,16-3)9(15)12-5-4-11-6-7(12)8(13)14/h7,11H,4-6H2,1-3H3,(H,13,14). The summed E-state index contributed by atoms with van der Waals surface area (Å²) < 4.78 is 5.08. The molecule has 1 aliphatic heterocycles. The van der Waals surface area contributed by atoms with Gasteiger partial charge in [0.2, 0.25) is 0 Å². The fraction of sp³-hybridized carbons (Fsp3) is 0.800. The molecule has 1 atom stereocenters. The van der Waals surface area contributed by atoms with E-state index < -0.39 is 17.6 Å². The first-order chi connectivity index (χ1) is 7.40. The molecule has 0 aromatic rings.